The SMILES string of the molecule is COc1ncc(CC(=O)O)s1. The molecule has 0 atom stereocenters. The molecule has 11 heavy (non-hydrogen) atoms. The second-order valence-corrected chi connectivity index (χ2v) is 2.94. The molecule has 1 aromatic rings. The van der Waals surface area contributed by atoms with E-state index >= 15 is 0 Å². The summed E-state index contributed by atoms with van der Waals surface area (Å²) >= 11 is 1.25. The summed E-state index contributed by atoms with van der Waals surface area (Å²) in [5, 5.41) is 8.89. The van der Waals surface area contributed by atoms with Gasteiger partial charge in [-0.3, -0.25) is 4.79 Å². The number of hydrogen-bond acceptors (Lipinski definition) is 4. The standard InChI is InChI=1S/C6H7NO3S/c1-10-6-7-3-4(11-6)2-5(8)9/h3H,2H2,1H3,(H,8,9). The molecule has 60 valence electrons. The third kappa shape index (κ3) is 2.19. The van der Waals surface area contributed by atoms with Gasteiger partial charge >= 0.3 is 5.97 Å². The summed E-state index contributed by atoms with van der Waals surface area (Å²) in [6, 6.07) is 0. The predicted octanol–water partition coefficient (Wildman–Crippen LogP) is 0.779. The number of carboxylic acid groups (broad SMARTS) is 1. The van der Waals surface area contributed by atoms with Gasteiger partial charge in [0.15, 0.2) is 0 Å². The first-order chi connectivity index (χ1) is 5.22. The van der Waals surface area contributed by atoms with Gasteiger partial charge in [0.2, 0.25) is 0 Å². The van der Waals surface area contributed by atoms with Crippen LogP contribution in [0.4, 0.5) is 0 Å². The lowest BCUT2D eigenvalue weighted by Gasteiger charge is -1.87. The fourth-order valence-corrected chi connectivity index (χ4v) is 1.33. The molecule has 0 radical (unpaired) electrons. The Morgan fingerprint density at radius 3 is 3.09 bits per heavy atom. The van der Waals surface area contributed by atoms with Crippen molar-refractivity contribution in [3.63, 3.8) is 0 Å². The Morgan fingerprint density at radius 2 is 2.64 bits per heavy atom. The molecule has 0 saturated heterocycles. The molecule has 1 aromatic heterocycles. The van der Waals surface area contributed by atoms with Gasteiger partial charge in [-0.15, -0.1) is 0 Å². The quantitative estimate of drug-likeness (QED) is 0.733. The van der Waals surface area contributed by atoms with Crippen LogP contribution in [0.2, 0.25) is 0 Å². The normalized spacial score (nSPS) is 9.55. The minimum absolute atomic E-state index is 0.0149. The molecule has 0 bridgehead atoms. The van der Waals surface area contributed by atoms with Crippen LogP contribution in [0.3, 0.4) is 0 Å². The van der Waals surface area contributed by atoms with Gasteiger partial charge in [0.05, 0.1) is 13.5 Å². The number of methoxy groups -OCH3 is 1. The first kappa shape index (κ1) is 8.00. The number of ether oxygens (including phenoxy) is 1. The molecule has 0 saturated carbocycles. The molecule has 1 N–H and O–H groups in total. The molecule has 1 rings (SSSR count). The Bertz CT molecular complexity index is 258. The Morgan fingerprint density at radius 1 is 1.91 bits per heavy atom. The fraction of sp³-hybridized carbons (Fsp3) is 0.333. The van der Waals surface area contributed by atoms with E-state index in [0.717, 1.165) is 0 Å². The van der Waals surface area contributed by atoms with Crippen LogP contribution in [0.15, 0.2) is 6.20 Å². The Labute approximate surface area is 67.5 Å². The zero-order valence-electron chi connectivity index (χ0n) is 5.90. The number of carboxylic acids is 1. The summed E-state index contributed by atoms with van der Waals surface area (Å²) in [5.74, 6) is -0.851. The smallest absolute Gasteiger partial charge is 0.308 e. The maximum Gasteiger partial charge on any atom is 0.308 e. The molecule has 0 aliphatic carbocycles. The fourth-order valence-electron chi connectivity index (χ4n) is 0.615. The van der Waals surface area contributed by atoms with Crippen molar-refractivity contribution in [1.82, 2.24) is 4.98 Å². The van der Waals surface area contributed by atoms with E-state index in [2.05, 4.69) is 4.98 Å². The number of rotatable bonds is 3. The third-order valence-electron chi connectivity index (χ3n) is 1.03. The molecule has 0 aromatic carbocycles. The topological polar surface area (TPSA) is 59.4 Å². The molecular weight excluding hydrogens is 166 g/mol. The summed E-state index contributed by atoms with van der Waals surface area (Å²) in [6.45, 7) is 0. The van der Waals surface area contributed by atoms with Gasteiger partial charge < -0.3 is 9.84 Å². The van der Waals surface area contributed by atoms with Crippen LogP contribution in [0.5, 0.6) is 5.19 Å². The summed E-state index contributed by atoms with van der Waals surface area (Å²) in [6.07, 6.45) is 1.53. The van der Waals surface area contributed by atoms with Crippen molar-refractivity contribution < 1.29 is 14.6 Å². The minimum atomic E-state index is -0.851. The van der Waals surface area contributed by atoms with Gasteiger partial charge in [0.1, 0.15) is 0 Å². The highest BCUT2D eigenvalue weighted by Crippen LogP contribution is 2.19. The number of aliphatic carboxylic acids is 1. The first-order valence-corrected chi connectivity index (χ1v) is 3.74. The number of nitrogens with zero attached hydrogens (tertiary/aromatic N) is 1. The lowest BCUT2D eigenvalue weighted by molar-refractivity contribution is -0.136. The number of carbonyl (C=O) groups is 1. The van der Waals surface area contributed by atoms with Crippen LogP contribution in [-0.2, 0) is 11.2 Å². The molecular formula is C6H7NO3S. The van der Waals surface area contributed by atoms with E-state index < -0.39 is 5.97 Å². The van der Waals surface area contributed by atoms with Crippen LogP contribution in [0.1, 0.15) is 4.88 Å². The highest BCUT2D eigenvalue weighted by Gasteiger charge is 2.04. The largest absolute Gasteiger partial charge is 0.481 e. The van der Waals surface area contributed by atoms with Crippen molar-refractivity contribution in [2.75, 3.05) is 7.11 Å². The second kappa shape index (κ2) is 3.34. The molecule has 0 aliphatic heterocycles. The Hall–Kier alpha value is -1.10. The predicted molar refractivity (Wildman–Crippen MR) is 40.0 cm³/mol. The lowest BCUT2D eigenvalue weighted by Crippen LogP contribution is -1.97. The van der Waals surface area contributed by atoms with Crippen molar-refractivity contribution in [3.05, 3.63) is 11.1 Å². The van der Waals surface area contributed by atoms with E-state index in [-0.39, 0.29) is 6.42 Å². The van der Waals surface area contributed by atoms with Gasteiger partial charge in [-0.1, -0.05) is 11.3 Å². The maximum absolute atomic E-state index is 10.2. The van der Waals surface area contributed by atoms with Crippen molar-refractivity contribution in [2.45, 2.75) is 6.42 Å². The third-order valence-corrected chi connectivity index (χ3v) is 1.99. The van der Waals surface area contributed by atoms with E-state index in [1.54, 1.807) is 0 Å². The monoisotopic (exact) mass is 173 g/mol. The maximum atomic E-state index is 10.2. The van der Waals surface area contributed by atoms with Crippen molar-refractivity contribution >= 4 is 17.3 Å². The number of aromatic nitrogens is 1. The molecule has 5 heteroatoms. The van der Waals surface area contributed by atoms with Crippen molar-refractivity contribution in [3.8, 4) is 5.19 Å². The van der Waals surface area contributed by atoms with E-state index in [4.69, 9.17) is 9.84 Å². The minimum Gasteiger partial charge on any atom is -0.481 e. The molecule has 0 amide bonds. The number of hydrogen-bond donors (Lipinski definition) is 1. The average molecular weight is 173 g/mol. The molecule has 0 unspecified atom stereocenters. The summed E-state index contributed by atoms with van der Waals surface area (Å²) in [5.41, 5.74) is 0. The van der Waals surface area contributed by atoms with Crippen LogP contribution in [0.25, 0.3) is 0 Å². The summed E-state index contributed by atoms with van der Waals surface area (Å²) < 4.78 is 4.79. The first-order valence-electron chi connectivity index (χ1n) is 2.93. The zero-order chi connectivity index (χ0) is 8.27. The number of thiazole rings is 1. The van der Waals surface area contributed by atoms with Crippen LogP contribution >= 0.6 is 11.3 Å². The Balaban J connectivity index is 2.65. The van der Waals surface area contributed by atoms with Crippen LogP contribution in [0, 0.1) is 0 Å². The zero-order valence-corrected chi connectivity index (χ0v) is 6.72. The molecule has 1 heterocycles. The summed E-state index contributed by atoms with van der Waals surface area (Å²) in [7, 11) is 1.50. The van der Waals surface area contributed by atoms with Gasteiger partial charge in [-0.2, -0.15) is 0 Å². The molecule has 4 nitrogen and oxygen atoms in total. The van der Waals surface area contributed by atoms with E-state index in [0.29, 0.717) is 10.1 Å². The molecule has 0 aliphatic rings. The molecule has 0 fully saturated rings. The van der Waals surface area contributed by atoms with E-state index in [1.807, 2.05) is 0 Å². The highest BCUT2D eigenvalue weighted by molar-refractivity contribution is 7.13. The van der Waals surface area contributed by atoms with Crippen LogP contribution < -0.4 is 4.74 Å². The van der Waals surface area contributed by atoms with Gasteiger partial charge in [-0.25, -0.2) is 4.98 Å². The summed E-state index contributed by atoms with van der Waals surface area (Å²) in [4.78, 5) is 14.7. The van der Waals surface area contributed by atoms with Crippen LogP contribution in [-0.4, -0.2) is 23.2 Å². The molecule has 0 spiro atoms. The highest BCUT2D eigenvalue weighted by atomic mass is 32.1. The Kier molecular flexibility index (Phi) is 2.43. The van der Waals surface area contributed by atoms with Crippen molar-refractivity contribution in [2.24, 2.45) is 0 Å². The average Bonchev–Trinajstić information content (AvgIpc) is 2.34. The second-order valence-electron chi connectivity index (χ2n) is 1.87. The van der Waals surface area contributed by atoms with E-state index in [9.17, 15) is 4.79 Å². The lowest BCUT2D eigenvalue weighted by atomic mass is 10.4. The van der Waals surface area contributed by atoms with Gasteiger partial charge in [0.25, 0.3) is 5.19 Å². The van der Waals surface area contributed by atoms with E-state index in [1.165, 1.54) is 24.6 Å². The van der Waals surface area contributed by atoms with Gasteiger partial charge in [0, 0.05) is 11.1 Å². The van der Waals surface area contributed by atoms with Crippen molar-refractivity contribution in [1.29, 1.82) is 0 Å². The van der Waals surface area contributed by atoms with Gasteiger partial charge in [-0.05, 0) is 0 Å².